The molecule has 1 N–H and O–H groups in total. The third-order valence-electron chi connectivity index (χ3n) is 2.01. The van der Waals surface area contributed by atoms with Gasteiger partial charge in [0.2, 0.25) is 0 Å². The van der Waals surface area contributed by atoms with Gasteiger partial charge in [-0.15, -0.1) is 0 Å². The van der Waals surface area contributed by atoms with E-state index >= 15 is 0 Å². The number of carbonyl (C=O) groups is 1. The van der Waals surface area contributed by atoms with Crippen molar-refractivity contribution in [3.05, 3.63) is 50.9 Å². The van der Waals surface area contributed by atoms with Gasteiger partial charge in [-0.05, 0) is 40.2 Å². The number of amides is 1. The van der Waals surface area contributed by atoms with Gasteiger partial charge in [0.1, 0.15) is 14.9 Å². The van der Waals surface area contributed by atoms with Crippen LogP contribution in [0.15, 0.2) is 35.1 Å². The van der Waals surface area contributed by atoms with Gasteiger partial charge in [0, 0.05) is 5.56 Å². The molecular formula is C11H6BrCl2N3O. The summed E-state index contributed by atoms with van der Waals surface area (Å²) < 4.78 is 0.690. The zero-order valence-corrected chi connectivity index (χ0v) is 11.9. The summed E-state index contributed by atoms with van der Waals surface area (Å²) in [5.41, 5.74) is 0.912. The zero-order chi connectivity index (χ0) is 13.1. The molecule has 0 unspecified atom stereocenters. The number of halogens is 3. The Labute approximate surface area is 121 Å². The molecule has 2 heterocycles. The minimum Gasteiger partial charge on any atom is -0.321 e. The third kappa shape index (κ3) is 3.41. The lowest BCUT2D eigenvalue weighted by molar-refractivity contribution is 0.102. The second kappa shape index (κ2) is 5.65. The number of anilines is 1. The molecule has 2 aromatic heterocycles. The number of aromatic nitrogens is 2. The molecule has 0 radical (unpaired) electrons. The lowest BCUT2D eigenvalue weighted by Crippen LogP contribution is -2.12. The molecule has 0 fully saturated rings. The lowest BCUT2D eigenvalue weighted by atomic mass is 10.2. The zero-order valence-electron chi connectivity index (χ0n) is 8.82. The fraction of sp³-hybridized carbons (Fsp3) is 0. The number of pyridine rings is 2. The second-order valence-electron chi connectivity index (χ2n) is 3.32. The maximum atomic E-state index is 11.9. The highest BCUT2D eigenvalue weighted by Crippen LogP contribution is 2.16. The van der Waals surface area contributed by atoms with Crippen LogP contribution in [-0.4, -0.2) is 15.9 Å². The molecule has 0 aliphatic rings. The van der Waals surface area contributed by atoms with E-state index in [1.54, 1.807) is 12.1 Å². The van der Waals surface area contributed by atoms with Gasteiger partial charge >= 0.3 is 0 Å². The van der Waals surface area contributed by atoms with Gasteiger partial charge in [-0.1, -0.05) is 23.2 Å². The van der Waals surface area contributed by atoms with E-state index in [4.69, 9.17) is 23.2 Å². The summed E-state index contributed by atoms with van der Waals surface area (Å²) in [4.78, 5) is 19.7. The van der Waals surface area contributed by atoms with Crippen molar-refractivity contribution in [2.24, 2.45) is 0 Å². The van der Waals surface area contributed by atoms with Crippen molar-refractivity contribution in [1.29, 1.82) is 0 Å². The molecule has 0 saturated heterocycles. The molecule has 2 aromatic rings. The summed E-state index contributed by atoms with van der Waals surface area (Å²) in [6.07, 6.45) is 1.53. The summed E-state index contributed by atoms with van der Waals surface area (Å²) in [6, 6.07) is 6.33. The summed E-state index contributed by atoms with van der Waals surface area (Å²) >= 11 is 14.7. The fourth-order valence-electron chi connectivity index (χ4n) is 1.25. The Bertz CT molecular complexity index is 569. The van der Waals surface area contributed by atoms with Crippen LogP contribution in [0.5, 0.6) is 0 Å². The van der Waals surface area contributed by atoms with Crippen LogP contribution in [0.4, 0.5) is 5.69 Å². The Hall–Kier alpha value is -1.17. The highest BCUT2D eigenvalue weighted by atomic mass is 79.9. The summed E-state index contributed by atoms with van der Waals surface area (Å²) in [7, 11) is 0. The van der Waals surface area contributed by atoms with Gasteiger partial charge in [0.15, 0.2) is 0 Å². The Morgan fingerprint density at radius 3 is 2.44 bits per heavy atom. The number of carbonyl (C=O) groups excluding carboxylic acids is 1. The molecular weight excluding hydrogens is 341 g/mol. The Balaban J connectivity index is 2.19. The highest BCUT2D eigenvalue weighted by Gasteiger charge is 2.09. The monoisotopic (exact) mass is 345 g/mol. The van der Waals surface area contributed by atoms with Crippen LogP contribution in [-0.2, 0) is 0 Å². The highest BCUT2D eigenvalue weighted by molar-refractivity contribution is 9.10. The van der Waals surface area contributed by atoms with Crippen LogP contribution < -0.4 is 5.32 Å². The van der Waals surface area contributed by atoms with Gasteiger partial charge in [0.05, 0.1) is 11.9 Å². The molecule has 0 spiro atoms. The molecule has 0 aromatic carbocycles. The summed E-state index contributed by atoms with van der Waals surface area (Å²) in [6.45, 7) is 0. The molecule has 2 rings (SSSR count). The van der Waals surface area contributed by atoms with Crippen LogP contribution in [0, 0.1) is 0 Å². The van der Waals surface area contributed by atoms with Crippen molar-refractivity contribution in [2.75, 3.05) is 5.32 Å². The van der Waals surface area contributed by atoms with Crippen molar-refractivity contribution in [1.82, 2.24) is 9.97 Å². The molecule has 92 valence electrons. The van der Waals surface area contributed by atoms with Gasteiger partial charge < -0.3 is 5.32 Å². The van der Waals surface area contributed by atoms with Crippen molar-refractivity contribution < 1.29 is 4.79 Å². The van der Waals surface area contributed by atoms with Gasteiger partial charge in [-0.25, -0.2) is 9.97 Å². The molecule has 4 nitrogen and oxygen atoms in total. The van der Waals surface area contributed by atoms with E-state index in [9.17, 15) is 4.79 Å². The predicted octanol–water partition coefficient (Wildman–Crippen LogP) is 3.80. The summed E-state index contributed by atoms with van der Waals surface area (Å²) in [5, 5.41) is 3.01. The molecule has 1 amide bonds. The van der Waals surface area contributed by atoms with Crippen LogP contribution in [0.1, 0.15) is 10.4 Å². The van der Waals surface area contributed by atoms with Crippen LogP contribution in [0.25, 0.3) is 0 Å². The Kier molecular flexibility index (Phi) is 4.16. The largest absolute Gasteiger partial charge is 0.321 e. The van der Waals surface area contributed by atoms with E-state index in [1.165, 1.54) is 18.3 Å². The van der Waals surface area contributed by atoms with E-state index < -0.39 is 0 Å². The molecule has 0 aliphatic carbocycles. The average molecular weight is 347 g/mol. The first-order valence-corrected chi connectivity index (χ1v) is 6.35. The predicted molar refractivity (Wildman–Crippen MR) is 74.1 cm³/mol. The number of nitrogens with one attached hydrogen (secondary N) is 1. The first kappa shape index (κ1) is 13.3. The van der Waals surface area contributed by atoms with Crippen LogP contribution in [0.2, 0.25) is 10.3 Å². The third-order valence-corrected chi connectivity index (χ3v) is 2.87. The Morgan fingerprint density at radius 1 is 1.22 bits per heavy atom. The van der Waals surface area contributed by atoms with Gasteiger partial charge in [-0.3, -0.25) is 4.79 Å². The minimum atomic E-state index is -0.328. The summed E-state index contributed by atoms with van der Waals surface area (Å²) in [5.74, 6) is -0.328. The van der Waals surface area contributed by atoms with E-state index in [0.717, 1.165) is 0 Å². The Morgan fingerprint density at radius 2 is 1.89 bits per heavy atom. The maximum absolute atomic E-state index is 11.9. The molecule has 18 heavy (non-hydrogen) atoms. The second-order valence-corrected chi connectivity index (χ2v) is 4.91. The smallest absolute Gasteiger partial charge is 0.255 e. The first-order valence-electron chi connectivity index (χ1n) is 4.80. The average Bonchev–Trinajstić information content (AvgIpc) is 2.31. The fourth-order valence-corrected chi connectivity index (χ4v) is 1.94. The van der Waals surface area contributed by atoms with Gasteiger partial charge in [0.25, 0.3) is 5.91 Å². The molecule has 7 heteroatoms. The SMILES string of the molecule is O=C(Nc1ccc(Br)nc1)c1cc(Cl)nc(Cl)c1. The molecule has 0 saturated carbocycles. The van der Waals surface area contributed by atoms with Gasteiger partial charge in [-0.2, -0.15) is 0 Å². The maximum Gasteiger partial charge on any atom is 0.255 e. The number of hydrogen-bond acceptors (Lipinski definition) is 3. The topological polar surface area (TPSA) is 54.9 Å². The van der Waals surface area contributed by atoms with E-state index in [1.807, 2.05) is 0 Å². The molecule has 0 atom stereocenters. The normalized spacial score (nSPS) is 10.2. The molecule has 0 aliphatic heterocycles. The van der Waals surface area contributed by atoms with Crippen LogP contribution >= 0.6 is 39.1 Å². The number of hydrogen-bond donors (Lipinski definition) is 1. The van der Waals surface area contributed by atoms with Crippen molar-refractivity contribution in [3.8, 4) is 0 Å². The minimum absolute atomic E-state index is 0.168. The van der Waals surface area contributed by atoms with Crippen molar-refractivity contribution in [3.63, 3.8) is 0 Å². The van der Waals surface area contributed by atoms with Crippen molar-refractivity contribution >= 4 is 50.7 Å². The van der Waals surface area contributed by atoms with E-state index in [0.29, 0.717) is 15.9 Å². The number of nitrogens with zero attached hydrogens (tertiary/aromatic N) is 2. The van der Waals surface area contributed by atoms with E-state index in [2.05, 4.69) is 31.2 Å². The quantitative estimate of drug-likeness (QED) is 0.841. The van der Waals surface area contributed by atoms with E-state index in [-0.39, 0.29) is 16.2 Å². The number of rotatable bonds is 2. The molecule has 0 bridgehead atoms. The van der Waals surface area contributed by atoms with Crippen molar-refractivity contribution in [2.45, 2.75) is 0 Å². The van der Waals surface area contributed by atoms with Crippen LogP contribution in [0.3, 0.4) is 0 Å². The first-order chi connectivity index (χ1) is 8.54. The standard InChI is InChI=1S/C11H6BrCl2N3O/c12-8-2-1-7(5-15-8)16-11(18)6-3-9(13)17-10(14)4-6/h1-5H,(H,16,18). The lowest BCUT2D eigenvalue weighted by Gasteiger charge is -2.05.